The minimum Gasteiger partial charge on any atom is -0.276 e. The van der Waals surface area contributed by atoms with E-state index in [-0.39, 0.29) is 0 Å². The van der Waals surface area contributed by atoms with Gasteiger partial charge in [0, 0.05) is 23.6 Å². The molecule has 4 heteroatoms. The molecule has 0 aliphatic carbocycles. The predicted molar refractivity (Wildman–Crippen MR) is 61.6 cm³/mol. The van der Waals surface area contributed by atoms with Crippen LogP contribution in [0.2, 0.25) is 0 Å². The van der Waals surface area contributed by atoms with Gasteiger partial charge in [0.2, 0.25) is 0 Å². The highest BCUT2D eigenvalue weighted by molar-refractivity contribution is 5.98. The van der Waals surface area contributed by atoms with E-state index in [1.807, 2.05) is 36.8 Å². The Kier molecular flexibility index (Phi) is 1.23. The predicted octanol–water partition coefficient (Wildman–Crippen LogP) is 1.80. The Bertz CT molecular complexity index is 638. The highest BCUT2D eigenvalue weighted by Crippen LogP contribution is 2.45. The molecule has 0 fully saturated rings. The lowest BCUT2D eigenvalue weighted by atomic mass is 9.87. The van der Waals surface area contributed by atoms with Gasteiger partial charge in [-0.25, -0.2) is 0 Å². The monoisotopic (exact) mass is 208 g/mol. The summed E-state index contributed by atoms with van der Waals surface area (Å²) >= 11 is 0. The van der Waals surface area contributed by atoms with E-state index in [2.05, 4.69) is 26.2 Å². The first kappa shape index (κ1) is 7.98. The summed E-state index contributed by atoms with van der Waals surface area (Å²) in [7, 11) is 0. The maximum absolute atomic E-state index is 4.59. The van der Waals surface area contributed by atoms with E-state index in [1.54, 1.807) is 0 Å². The molecule has 0 bridgehead atoms. The standard InChI is InChI=1S/C12H8N4/c1-2-4-10-8(3-1)12(7-13-10)9-5-15-16-11(9)6-14-12/h1-7H,(H,15,16). The summed E-state index contributed by atoms with van der Waals surface area (Å²) in [5, 5.41) is 7.00. The van der Waals surface area contributed by atoms with E-state index in [1.165, 1.54) is 0 Å². The second-order valence-corrected chi connectivity index (χ2v) is 4.00. The number of para-hydroxylation sites is 1. The molecular formula is C12H8N4. The lowest BCUT2D eigenvalue weighted by Gasteiger charge is -2.18. The Morgan fingerprint density at radius 2 is 2.06 bits per heavy atom. The molecule has 2 aromatic rings. The molecule has 0 saturated heterocycles. The Labute approximate surface area is 91.8 Å². The van der Waals surface area contributed by atoms with Crippen molar-refractivity contribution in [2.24, 2.45) is 9.98 Å². The van der Waals surface area contributed by atoms with Crippen molar-refractivity contribution >= 4 is 18.1 Å². The summed E-state index contributed by atoms with van der Waals surface area (Å²) in [6.07, 6.45) is 5.56. The average Bonchev–Trinajstić information content (AvgIpc) is 2.99. The van der Waals surface area contributed by atoms with Crippen LogP contribution in [0.1, 0.15) is 16.8 Å². The fraction of sp³-hybridized carbons (Fsp3) is 0.0833. The van der Waals surface area contributed by atoms with Gasteiger partial charge < -0.3 is 0 Å². The van der Waals surface area contributed by atoms with Crippen molar-refractivity contribution in [3.05, 3.63) is 47.3 Å². The quantitative estimate of drug-likeness (QED) is 0.705. The number of benzene rings is 1. The van der Waals surface area contributed by atoms with Gasteiger partial charge in [-0.2, -0.15) is 5.10 Å². The van der Waals surface area contributed by atoms with E-state index in [4.69, 9.17) is 0 Å². The number of aliphatic imine (C=N–C) groups is 2. The average molecular weight is 208 g/mol. The highest BCUT2D eigenvalue weighted by atomic mass is 15.1. The molecule has 1 aromatic carbocycles. The Balaban J connectivity index is 2.06. The van der Waals surface area contributed by atoms with Gasteiger partial charge in [0.05, 0.1) is 17.6 Å². The molecule has 1 atom stereocenters. The van der Waals surface area contributed by atoms with Crippen molar-refractivity contribution in [1.82, 2.24) is 10.2 Å². The fourth-order valence-electron chi connectivity index (χ4n) is 2.39. The van der Waals surface area contributed by atoms with Crippen LogP contribution < -0.4 is 0 Å². The van der Waals surface area contributed by atoms with E-state index in [0.29, 0.717) is 0 Å². The molecule has 2 aliphatic heterocycles. The summed E-state index contributed by atoms with van der Waals surface area (Å²) in [6.45, 7) is 0. The molecule has 3 heterocycles. The van der Waals surface area contributed by atoms with Crippen LogP contribution in [0.3, 0.4) is 0 Å². The van der Waals surface area contributed by atoms with Crippen molar-refractivity contribution in [3.63, 3.8) is 0 Å². The zero-order valence-electron chi connectivity index (χ0n) is 8.38. The first-order valence-corrected chi connectivity index (χ1v) is 5.14. The fourth-order valence-corrected chi connectivity index (χ4v) is 2.39. The minimum absolute atomic E-state index is 0.432. The highest BCUT2D eigenvalue weighted by Gasteiger charge is 2.42. The first-order chi connectivity index (χ1) is 7.90. The maximum atomic E-state index is 4.59. The van der Waals surface area contributed by atoms with Crippen molar-refractivity contribution in [3.8, 4) is 0 Å². The van der Waals surface area contributed by atoms with Crippen molar-refractivity contribution in [2.45, 2.75) is 5.54 Å². The summed E-state index contributed by atoms with van der Waals surface area (Å²) in [4.78, 5) is 9.02. The van der Waals surface area contributed by atoms with Crippen molar-refractivity contribution in [1.29, 1.82) is 0 Å². The van der Waals surface area contributed by atoms with Gasteiger partial charge in [0.25, 0.3) is 0 Å². The SMILES string of the molecule is C1=Nc2ccccc2C12N=Cc1[nH]ncc12. The molecular weight excluding hydrogens is 200 g/mol. The molecule has 1 aromatic heterocycles. The number of aromatic nitrogens is 2. The number of fused-ring (bicyclic) bond motifs is 4. The Morgan fingerprint density at radius 1 is 1.12 bits per heavy atom. The molecule has 1 unspecified atom stereocenters. The number of nitrogens with one attached hydrogen (secondary N) is 1. The molecule has 0 saturated carbocycles. The van der Waals surface area contributed by atoms with Crippen LogP contribution in [-0.4, -0.2) is 22.6 Å². The van der Waals surface area contributed by atoms with Gasteiger partial charge in [-0.3, -0.25) is 15.1 Å². The third-order valence-corrected chi connectivity index (χ3v) is 3.18. The number of nitrogens with zero attached hydrogens (tertiary/aromatic N) is 3. The summed E-state index contributed by atoms with van der Waals surface area (Å²) in [5.74, 6) is 0. The summed E-state index contributed by atoms with van der Waals surface area (Å²) in [6, 6.07) is 8.09. The second kappa shape index (κ2) is 2.47. The molecule has 0 amide bonds. The maximum Gasteiger partial charge on any atom is 0.151 e. The number of H-pyrrole nitrogens is 1. The summed E-state index contributed by atoms with van der Waals surface area (Å²) in [5.41, 5.74) is 3.75. The zero-order chi connectivity index (χ0) is 10.6. The summed E-state index contributed by atoms with van der Waals surface area (Å²) < 4.78 is 0. The topological polar surface area (TPSA) is 53.4 Å². The van der Waals surface area contributed by atoms with E-state index in [0.717, 1.165) is 22.5 Å². The number of aromatic amines is 1. The second-order valence-electron chi connectivity index (χ2n) is 4.00. The molecule has 4 rings (SSSR count). The van der Waals surface area contributed by atoms with Gasteiger partial charge in [0.15, 0.2) is 5.54 Å². The van der Waals surface area contributed by atoms with Crippen LogP contribution in [0.15, 0.2) is 40.4 Å². The van der Waals surface area contributed by atoms with E-state index in [9.17, 15) is 0 Å². The van der Waals surface area contributed by atoms with Gasteiger partial charge in [-0.15, -0.1) is 0 Å². The van der Waals surface area contributed by atoms with E-state index >= 15 is 0 Å². The minimum atomic E-state index is -0.432. The number of hydrogen-bond acceptors (Lipinski definition) is 3. The van der Waals surface area contributed by atoms with Crippen LogP contribution in [-0.2, 0) is 5.54 Å². The van der Waals surface area contributed by atoms with Gasteiger partial charge >= 0.3 is 0 Å². The Morgan fingerprint density at radius 3 is 3.06 bits per heavy atom. The third-order valence-electron chi connectivity index (χ3n) is 3.18. The zero-order valence-corrected chi connectivity index (χ0v) is 8.38. The van der Waals surface area contributed by atoms with Crippen molar-refractivity contribution < 1.29 is 0 Å². The number of rotatable bonds is 0. The molecule has 76 valence electrons. The Hall–Kier alpha value is -2.23. The van der Waals surface area contributed by atoms with Crippen LogP contribution in [0, 0.1) is 0 Å². The molecule has 0 radical (unpaired) electrons. The molecule has 2 aliphatic rings. The van der Waals surface area contributed by atoms with Crippen LogP contribution in [0.4, 0.5) is 5.69 Å². The molecule has 1 spiro atoms. The third kappa shape index (κ3) is 0.746. The normalized spacial score (nSPS) is 24.0. The lowest BCUT2D eigenvalue weighted by molar-refractivity contribution is 0.788. The first-order valence-electron chi connectivity index (χ1n) is 5.14. The lowest BCUT2D eigenvalue weighted by Crippen LogP contribution is -2.21. The van der Waals surface area contributed by atoms with Crippen LogP contribution in [0.5, 0.6) is 0 Å². The molecule has 16 heavy (non-hydrogen) atoms. The van der Waals surface area contributed by atoms with Gasteiger partial charge in [-0.05, 0) is 6.07 Å². The van der Waals surface area contributed by atoms with E-state index < -0.39 is 5.54 Å². The van der Waals surface area contributed by atoms with Gasteiger partial charge in [-0.1, -0.05) is 18.2 Å². The van der Waals surface area contributed by atoms with Gasteiger partial charge in [0.1, 0.15) is 0 Å². The van der Waals surface area contributed by atoms with Crippen molar-refractivity contribution in [2.75, 3.05) is 0 Å². The van der Waals surface area contributed by atoms with Crippen LogP contribution >= 0.6 is 0 Å². The largest absolute Gasteiger partial charge is 0.276 e. The van der Waals surface area contributed by atoms with Crippen LogP contribution in [0.25, 0.3) is 0 Å². The number of hydrogen-bond donors (Lipinski definition) is 1. The smallest absolute Gasteiger partial charge is 0.151 e. The molecule has 4 nitrogen and oxygen atoms in total. The molecule has 1 N–H and O–H groups in total.